The van der Waals surface area contributed by atoms with E-state index in [4.69, 9.17) is 10.3 Å². The van der Waals surface area contributed by atoms with Crippen LogP contribution in [0.25, 0.3) is 11.5 Å². The molecule has 2 aromatic rings. The number of nitrogens with two attached hydrogens (primary N) is 1. The third-order valence-corrected chi connectivity index (χ3v) is 4.10. The molecule has 0 bridgehead atoms. The van der Waals surface area contributed by atoms with Crippen molar-refractivity contribution in [1.82, 2.24) is 20.3 Å². The first kappa shape index (κ1) is 12.3. The normalized spacial score (nSPS) is 27.6. The minimum absolute atomic E-state index is 0.439. The Bertz CT molecular complexity index is 565. The zero-order valence-electron chi connectivity index (χ0n) is 11.3. The van der Waals surface area contributed by atoms with Crippen molar-refractivity contribution >= 4 is 0 Å². The van der Waals surface area contributed by atoms with Crippen LogP contribution in [-0.4, -0.2) is 20.3 Å². The maximum atomic E-state index is 6.44. The summed E-state index contributed by atoms with van der Waals surface area (Å²) in [6.45, 7) is 4.18. The maximum absolute atomic E-state index is 6.44. The Hall–Kier alpha value is -1.69. The van der Waals surface area contributed by atoms with E-state index in [1.807, 2.05) is 6.92 Å². The summed E-state index contributed by atoms with van der Waals surface area (Å²) in [5.41, 5.74) is 7.76. The minimum atomic E-state index is -0.439. The molecule has 0 spiro atoms. The van der Waals surface area contributed by atoms with Crippen LogP contribution in [0, 0.1) is 12.8 Å². The van der Waals surface area contributed by atoms with Gasteiger partial charge in [0.1, 0.15) is 0 Å². The number of hydrogen-bond donors (Lipinski definition) is 2. The number of aryl methyl sites for hydroxylation is 1. The van der Waals surface area contributed by atoms with Gasteiger partial charge in [-0.15, -0.1) is 0 Å². The lowest BCUT2D eigenvalue weighted by molar-refractivity contribution is 0.230. The van der Waals surface area contributed by atoms with Crippen molar-refractivity contribution in [3.05, 3.63) is 17.7 Å². The van der Waals surface area contributed by atoms with Gasteiger partial charge in [0.15, 0.2) is 5.82 Å². The first-order valence-electron chi connectivity index (χ1n) is 6.72. The van der Waals surface area contributed by atoms with Gasteiger partial charge in [-0.1, -0.05) is 12.1 Å². The highest BCUT2D eigenvalue weighted by Gasteiger charge is 2.36. The van der Waals surface area contributed by atoms with Crippen molar-refractivity contribution in [2.45, 2.75) is 45.1 Å². The van der Waals surface area contributed by atoms with Crippen LogP contribution in [0.5, 0.6) is 0 Å². The molecule has 0 unspecified atom stereocenters. The molecular weight excluding hydrogens is 242 g/mol. The molecule has 0 atom stereocenters. The van der Waals surface area contributed by atoms with Gasteiger partial charge in [0.2, 0.25) is 0 Å². The molecule has 6 heteroatoms. The Morgan fingerprint density at radius 1 is 1.42 bits per heavy atom. The van der Waals surface area contributed by atoms with E-state index in [0.29, 0.717) is 11.7 Å². The largest absolute Gasteiger partial charge is 0.334 e. The smallest absolute Gasteiger partial charge is 0.261 e. The Morgan fingerprint density at radius 2 is 2.16 bits per heavy atom. The van der Waals surface area contributed by atoms with Crippen molar-refractivity contribution in [2.75, 3.05) is 0 Å². The second-order valence-corrected chi connectivity index (χ2v) is 5.67. The van der Waals surface area contributed by atoms with Crippen LogP contribution in [0.4, 0.5) is 0 Å². The fourth-order valence-electron chi connectivity index (χ4n) is 2.60. The summed E-state index contributed by atoms with van der Waals surface area (Å²) in [5.74, 6) is 1.85. The molecule has 1 aliphatic carbocycles. The molecule has 6 nitrogen and oxygen atoms in total. The number of hydrogen-bond acceptors (Lipinski definition) is 5. The van der Waals surface area contributed by atoms with Crippen LogP contribution in [0.1, 0.15) is 44.1 Å². The highest BCUT2D eigenvalue weighted by Crippen LogP contribution is 2.36. The zero-order valence-corrected chi connectivity index (χ0v) is 11.3. The summed E-state index contributed by atoms with van der Waals surface area (Å²) in [7, 11) is 0. The monoisotopic (exact) mass is 261 g/mol. The van der Waals surface area contributed by atoms with Crippen LogP contribution in [0.3, 0.4) is 0 Å². The molecule has 0 saturated heterocycles. The van der Waals surface area contributed by atoms with E-state index >= 15 is 0 Å². The molecule has 3 N–H and O–H groups in total. The molecule has 0 aliphatic heterocycles. The van der Waals surface area contributed by atoms with E-state index in [-0.39, 0.29) is 0 Å². The molecule has 0 amide bonds. The summed E-state index contributed by atoms with van der Waals surface area (Å²) >= 11 is 0. The molecule has 3 rings (SSSR count). The molecule has 1 saturated carbocycles. The molecular formula is C13H19N5O. The van der Waals surface area contributed by atoms with Crippen molar-refractivity contribution in [3.63, 3.8) is 0 Å². The number of nitrogens with zero attached hydrogens (tertiary/aromatic N) is 3. The molecule has 102 valence electrons. The average Bonchev–Trinajstić information content (AvgIpc) is 3.01. The van der Waals surface area contributed by atoms with Gasteiger partial charge in [-0.05, 0) is 38.5 Å². The molecule has 2 heterocycles. The zero-order chi connectivity index (χ0) is 13.5. The van der Waals surface area contributed by atoms with E-state index in [2.05, 4.69) is 27.3 Å². The fraction of sp³-hybridized carbons (Fsp3) is 0.615. The van der Waals surface area contributed by atoms with Crippen molar-refractivity contribution in [3.8, 4) is 11.5 Å². The second kappa shape index (κ2) is 4.45. The van der Waals surface area contributed by atoms with E-state index in [9.17, 15) is 0 Å². The molecule has 0 radical (unpaired) electrons. The summed E-state index contributed by atoms with van der Waals surface area (Å²) in [4.78, 5) is 4.47. The Kier molecular flexibility index (Phi) is 2.89. The van der Waals surface area contributed by atoms with Gasteiger partial charge in [0.05, 0.1) is 17.3 Å². The number of nitrogens with one attached hydrogen (secondary N) is 1. The highest BCUT2D eigenvalue weighted by molar-refractivity contribution is 5.54. The highest BCUT2D eigenvalue weighted by atomic mass is 16.5. The summed E-state index contributed by atoms with van der Waals surface area (Å²) < 4.78 is 5.33. The van der Waals surface area contributed by atoms with Crippen LogP contribution in [0.15, 0.2) is 10.7 Å². The molecule has 2 aromatic heterocycles. The van der Waals surface area contributed by atoms with E-state index in [1.165, 1.54) is 0 Å². The lowest BCUT2D eigenvalue weighted by Gasteiger charge is -2.33. The summed E-state index contributed by atoms with van der Waals surface area (Å²) in [6, 6.07) is 0. The van der Waals surface area contributed by atoms with Crippen LogP contribution < -0.4 is 5.73 Å². The average molecular weight is 261 g/mol. The van der Waals surface area contributed by atoms with Crippen molar-refractivity contribution < 1.29 is 4.52 Å². The Morgan fingerprint density at radius 3 is 2.79 bits per heavy atom. The van der Waals surface area contributed by atoms with Gasteiger partial charge in [0.25, 0.3) is 5.89 Å². The van der Waals surface area contributed by atoms with E-state index in [1.54, 1.807) is 6.20 Å². The number of aromatic nitrogens is 4. The van der Waals surface area contributed by atoms with Gasteiger partial charge >= 0.3 is 0 Å². The lowest BCUT2D eigenvalue weighted by Crippen LogP contribution is -2.41. The minimum Gasteiger partial charge on any atom is -0.334 e. The van der Waals surface area contributed by atoms with Crippen LogP contribution >= 0.6 is 0 Å². The molecule has 0 aromatic carbocycles. The lowest BCUT2D eigenvalue weighted by atomic mass is 9.77. The van der Waals surface area contributed by atoms with Gasteiger partial charge in [-0.3, -0.25) is 5.10 Å². The maximum Gasteiger partial charge on any atom is 0.261 e. The van der Waals surface area contributed by atoms with E-state index in [0.717, 1.165) is 42.9 Å². The molecule has 1 fully saturated rings. The first-order valence-corrected chi connectivity index (χ1v) is 6.72. The second-order valence-electron chi connectivity index (χ2n) is 5.67. The molecule has 19 heavy (non-hydrogen) atoms. The fourth-order valence-corrected chi connectivity index (χ4v) is 2.60. The van der Waals surface area contributed by atoms with Crippen molar-refractivity contribution in [1.29, 1.82) is 0 Å². The first-order chi connectivity index (χ1) is 9.08. The van der Waals surface area contributed by atoms with Gasteiger partial charge < -0.3 is 10.3 Å². The van der Waals surface area contributed by atoms with Crippen LogP contribution in [0.2, 0.25) is 0 Å². The van der Waals surface area contributed by atoms with Gasteiger partial charge in [-0.25, -0.2) is 0 Å². The van der Waals surface area contributed by atoms with Crippen molar-refractivity contribution in [2.24, 2.45) is 11.7 Å². The standard InChI is InChI=1S/C13H19N5O/c1-8-3-5-13(14,6-4-8)12-16-11(19-18-12)10-7-15-17-9(10)2/h7-8H,3-6,14H2,1-2H3,(H,15,17). The summed E-state index contributed by atoms with van der Waals surface area (Å²) in [5, 5.41) is 10.9. The Labute approximate surface area is 111 Å². The third kappa shape index (κ3) is 2.16. The third-order valence-electron chi connectivity index (χ3n) is 4.10. The topological polar surface area (TPSA) is 93.6 Å². The molecule has 1 aliphatic rings. The SMILES string of the molecule is Cc1[nH]ncc1-c1nc(C2(N)CCC(C)CC2)no1. The number of aromatic amines is 1. The van der Waals surface area contributed by atoms with Gasteiger partial charge in [0, 0.05) is 5.69 Å². The predicted molar refractivity (Wildman–Crippen MR) is 70.1 cm³/mol. The Balaban J connectivity index is 1.87. The summed E-state index contributed by atoms with van der Waals surface area (Å²) in [6.07, 6.45) is 5.75. The quantitative estimate of drug-likeness (QED) is 0.863. The number of rotatable bonds is 2. The predicted octanol–water partition coefficient (Wildman–Crippen LogP) is 2.13. The number of H-pyrrole nitrogens is 1. The van der Waals surface area contributed by atoms with E-state index < -0.39 is 5.54 Å². The van der Waals surface area contributed by atoms with Crippen LogP contribution in [-0.2, 0) is 5.54 Å². The van der Waals surface area contributed by atoms with Gasteiger partial charge in [-0.2, -0.15) is 10.1 Å².